The van der Waals surface area contributed by atoms with Crippen LogP contribution in [0.25, 0.3) is 0 Å². The van der Waals surface area contributed by atoms with Crippen LogP contribution in [0.2, 0.25) is 0 Å². The van der Waals surface area contributed by atoms with E-state index in [1.54, 1.807) is 19.0 Å². The van der Waals surface area contributed by atoms with Crippen molar-refractivity contribution in [1.29, 1.82) is 0 Å². The Morgan fingerprint density at radius 2 is 1.89 bits per heavy atom. The maximum Gasteiger partial charge on any atom is 0.255 e. The SMILES string of the molecule is CN(C)c1ncc(OCc2ccccc2)c2c1C[C@H]1C[C@H]3[C@H](N)C(O)=C(C(N)=O)C(=O)[C@@]3(O)C(O)=C1C2=O. The molecule has 0 bridgehead atoms. The Morgan fingerprint density at radius 1 is 1.21 bits per heavy atom. The van der Waals surface area contributed by atoms with E-state index in [-0.39, 0.29) is 36.3 Å². The third-order valence-corrected chi connectivity index (χ3v) is 7.63. The summed E-state index contributed by atoms with van der Waals surface area (Å²) in [7, 11) is 3.56. The van der Waals surface area contributed by atoms with Crippen molar-refractivity contribution < 1.29 is 34.4 Å². The number of amides is 1. The van der Waals surface area contributed by atoms with E-state index in [0.29, 0.717) is 11.4 Å². The molecule has 0 radical (unpaired) electrons. The number of Topliss-reactive ketones (excluding diaryl/α,β-unsaturated/α-hetero) is 2. The molecule has 3 aliphatic carbocycles. The van der Waals surface area contributed by atoms with E-state index < -0.39 is 58.0 Å². The average molecular weight is 521 g/mol. The van der Waals surface area contributed by atoms with Crippen molar-refractivity contribution in [1.82, 2.24) is 4.98 Å². The van der Waals surface area contributed by atoms with Gasteiger partial charge in [-0.2, -0.15) is 0 Å². The standard InChI is InChI=1S/C27H28N4O7/c1-31(2)26-14-8-13-9-15-20(28)22(33)19(25(29)36)24(35)27(15,37)23(34)17(13)21(32)18(14)16(10-30-26)38-11-12-6-4-3-5-7-12/h3-7,10,13,15,20,33-34,37H,8-9,11,28H2,1-2H3,(H2,29,36)/t13-,15-,20-,27-/m0/s1. The molecule has 38 heavy (non-hydrogen) atoms. The number of benzene rings is 1. The maximum absolute atomic E-state index is 14.0. The highest BCUT2D eigenvalue weighted by molar-refractivity contribution is 6.24. The van der Waals surface area contributed by atoms with E-state index in [2.05, 4.69) is 4.98 Å². The van der Waals surface area contributed by atoms with Crippen LogP contribution in [0, 0.1) is 11.8 Å². The van der Waals surface area contributed by atoms with Gasteiger partial charge in [-0.05, 0) is 24.3 Å². The number of carbonyl (C=O) groups is 3. The van der Waals surface area contributed by atoms with Crippen molar-refractivity contribution in [2.24, 2.45) is 23.3 Å². The molecule has 1 amide bonds. The summed E-state index contributed by atoms with van der Waals surface area (Å²) in [4.78, 5) is 45.4. The van der Waals surface area contributed by atoms with Crippen LogP contribution in [0.15, 0.2) is 59.2 Å². The molecule has 1 aromatic carbocycles. The molecule has 11 heteroatoms. The lowest BCUT2D eigenvalue weighted by Gasteiger charge is -2.47. The zero-order valence-electron chi connectivity index (χ0n) is 20.8. The Balaban J connectivity index is 1.65. The second kappa shape index (κ2) is 8.96. The van der Waals surface area contributed by atoms with Gasteiger partial charge >= 0.3 is 0 Å². The van der Waals surface area contributed by atoms with Gasteiger partial charge in [0.25, 0.3) is 5.91 Å². The fraction of sp³-hybridized carbons (Fsp3) is 0.333. The van der Waals surface area contributed by atoms with E-state index in [1.807, 2.05) is 30.3 Å². The molecule has 4 atom stereocenters. The van der Waals surface area contributed by atoms with E-state index in [4.69, 9.17) is 16.2 Å². The van der Waals surface area contributed by atoms with Gasteiger partial charge < -0.3 is 36.4 Å². The number of aromatic nitrogens is 1. The number of aliphatic hydroxyl groups is 3. The Labute approximate surface area is 218 Å². The number of hydrogen-bond donors (Lipinski definition) is 5. The molecule has 0 aliphatic heterocycles. The van der Waals surface area contributed by atoms with E-state index >= 15 is 0 Å². The number of rotatable bonds is 5. The predicted octanol–water partition coefficient (Wildman–Crippen LogP) is 0.852. The van der Waals surface area contributed by atoms with Crippen LogP contribution in [0.1, 0.15) is 27.9 Å². The minimum absolute atomic E-state index is 0.0218. The Hall–Kier alpha value is -4.22. The molecule has 0 spiro atoms. The number of allylic oxidation sites excluding steroid dienone is 1. The van der Waals surface area contributed by atoms with Gasteiger partial charge in [-0.25, -0.2) is 4.98 Å². The number of nitrogens with zero attached hydrogens (tertiary/aromatic N) is 2. The normalized spacial score (nSPS) is 26.5. The molecule has 0 fully saturated rings. The quantitative estimate of drug-likeness (QED) is 0.353. The van der Waals surface area contributed by atoms with Crippen LogP contribution in [-0.4, -0.2) is 63.5 Å². The second-order valence-corrected chi connectivity index (χ2v) is 10.0. The van der Waals surface area contributed by atoms with Gasteiger partial charge in [-0.3, -0.25) is 14.4 Å². The number of nitrogens with two attached hydrogens (primary N) is 2. The summed E-state index contributed by atoms with van der Waals surface area (Å²) in [6.07, 6.45) is 1.64. The minimum atomic E-state index is -2.70. The summed E-state index contributed by atoms with van der Waals surface area (Å²) in [6.45, 7) is 0.156. The number of pyridine rings is 1. The number of ketones is 2. The van der Waals surface area contributed by atoms with Crippen LogP contribution in [0.5, 0.6) is 5.75 Å². The molecule has 2 aromatic rings. The molecule has 7 N–H and O–H groups in total. The van der Waals surface area contributed by atoms with Crippen LogP contribution in [0.4, 0.5) is 5.82 Å². The molecule has 1 heterocycles. The van der Waals surface area contributed by atoms with Crippen LogP contribution in [0.3, 0.4) is 0 Å². The summed E-state index contributed by atoms with van der Waals surface area (Å²) < 4.78 is 5.99. The molecule has 0 unspecified atom stereocenters. The van der Waals surface area contributed by atoms with Crippen molar-refractivity contribution >= 4 is 23.3 Å². The highest BCUT2D eigenvalue weighted by atomic mass is 16.5. The first-order valence-electron chi connectivity index (χ1n) is 12.1. The fourth-order valence-corrected chi connectivity index (χ4v) is 5.81. The zero-order valence-corrected chi connectivity index (χ0v) is 20.8. The third kappa shape index (κ3) is 3.57. The number of aliphatic hydroxyl groups excluding tert-OH is 2. The first-order chi connectivity index (χ1) is 18.0. The summed E-state index contributed by atoms with van der Waals surface area (Å²) in [6, 6.07) is 7.96. The first-order valence-corrected chi connectivity index (χ1v) is 12.1. The van der Waals surface area contributed by atoms with Gasteiger partial charge in [-0.1, -0.05) is 30.3 Å². The zero-order chi connectivity index (χ0) is 27.5. The second-order valence-electron chi connectivity index (χ2n) is 10.0. The van der Waals surface area contributed by atoms with E-state index in [1.165, 1.54) is 6.20 Å². The topological polar surface area (TPSA) is 189 Å². The van der Waals surface area contributed by atoms with Gasteiger partial charge in [0.2, 0.25) is 5.78 Å². The highest BCUT2D eigenvalue weighted by Gasteiger charge is 2.62. The summed E-state index contributed by atoms with van der Waals surface area (Å²) in [5.74, 6) is -5.98. The monoisotopic (exact) mass is 520 g/mol. The number of ether oxygens (including phenoxy) is 1. The number of carbonyl (C=O) groups excluding carboxylic acids is 3. The molecular formula is C27H28N4O7. The van der Waals surface area contributed by atoms with Crippen LogP contribution < -0.4 is 21.1 Å². The predicted molar refractivity (Wildman–Crippen MR) is 135 cm³/mol. The molecule has 0 saturated heterocycles. The largest absolute Gasteiger partial charge is 0.510 e. The maximum atomic E-state index is 14.0. The third-order valence-electron chi connectivity index (χ3n) is 7.63. The Kier molecular flexibility index (Phi) is 6.00. The van der Waals surface area contributed by atoms with Gasteiger partial charge in [0, 0.05) is 31.1 Å². The lowest BCUT2D eigenvalue weighted by atomic mass is 9.59. The Morgan fingerprint density at radius 3 is 2.53 bits per heavy atom. The fourth-order valence-electron chi connectivity index (χ4n) is 5.81. The summed E-state index contributed by atoms with van der Waals surface area (Å²) >= 11 is 0. The number of hydrogen-bond acceptors (Lipinski definition) is 10. The lowest BCUT2D eigenvalue weighted by Crippen LogP contribution is -2.63. The van der Waals surface area contributed by atoms with Crippen molar-refractivity contribution in [3.8, 4) is 5.75 Å². The summed E-state index contributed by atoms with van der Waals surface area (Å²) in [5, 5.41) is 33.3. The van der Waals surface area contributed by atoms with Crippen molar-refractivity contribution in [3.63, 3.8) is 0 Å². The highest BCUT2D eigenvalue weighted by Crippen LogP contribution is 2.51. The molecule has 3 aliphatic rings. The minimum Gasteiger partial charge on any atom is -0.510 e. The molecule has 11 nitrogen and oxygen atoms in total. The van der Waals surface area contributed by atoms with Crippen molar-refractivity contribution in [3.05, 3.63) is 75.9 Å². The number of fused-ring (bicyclic) bond motifs is 3. The molecular weight excluding hydrogens is 492 g/mol. The molecule has 0 saturated carbocycles. The smallest absolute Gasteiger partial charge is 0.255 e. The van der Waals surface area contributed by atoms with E-state index in [0.717, 1.165) is 5.56 Å². The van der Waals surface area contributed by atoms with Crippen molar-refractivity contribution in [2.75, 3.05) is 19.0 Å². The van der Waals surface area contributed by atoms with Crippen LogP contribution in [-0.2, 0) is 22.6 Å². The number of anilines is 1. The Bertz CT molecular complexity index is 1430. The number of primary amides is 1. The lowest BCUT2D eigenvalue weighted by molar-refractivity contribution is -0.145. The molecule has 198 valence electrons. The van der Waals surface area contributed by atoms with Crippen molar-refractivity contribution in [2.45, 2.75) is 31.1 Å². The molecule has 1 aromatic heterocycles. The first kappa shape index (κ1) is 25.4. The van der Waals surface area contributed by atoms with Gasteiger partial charge in [0.1, 0.15) is 35.3 Å². The summed E-state index contributed by atoms with van der Waals surface area (Å²) in [5.41, 5.74) is 9.27. The van der Waals surface area contributed by atoms with Crippen LogP contribution >= 0.6 is 0 Å². The van der Waals surface area contributed by atoms with Gasteiger partial charge in [0.15, 0.2) is 11.4 Å². The molecule has 5 rings (SSSR count). The average Bonchev–Trinajstić information content (AvgIpc) is 2.88. The van der Waals surface area contributed by atoms with E-state index in [9.17, 15) is 29.7 Å². The van der Waals surface area contributed by atoms with Gasteiger partial charge in [-0.15, -0.1) is 0 Å². The van der Waals surface area contributed by atoms with Gasteiger partial charge in [0.05, 0.1) is 17.8 Å².